The molecule has 112 valence electrons. The van der Waals surface area contributed by atoms with Crippen LogP contribution in [0.15, 0.2) is 36.4 Å². The average Bonchev–Trinajstić information content (AvgIpc) is 2.93. The van der Waals surface area contributed by atoms with Crippen molar-refractivity contribution in [2.75, 3.05) is 11.9 Å². The van der Waals surface area contributed by atoms with Crippen LogP contribution in [0.3, 0.4) is 0 Å². The maximum absolute atomic E-state index is 12.0. The van der Waals surface area contributed by atoms with Gasteiger partial charge in [-0.1, -0.05) is 24.3 Å². The fraction of sp³-hybridized carbons (Fsp3) is 0.375. The van der Waals surface area contributed by atoms with Crippen molar-refractivity contribution in [3.05, 3.63) is 36.4 Å². The number of allylic oxidation sites excluding steroid dienone is 2. The predicted molar refractivity (Wildman–Crippen MR) is 80.9 cm³/mol. The molecule has 0 bridgehead atoms. The lowest BCUT2D eigenvalue weighted by atomic mass is 10.1. The van der Waals surface area contributed by atoms with Crippen molar-refractivity contribution >= 4 is 17.5 Å². The summed E-state index contributed by atoms with van der Waals surface area (Å²) in [6.07, 6.45) is 6.91. The number of benzene rings is 1. The smallest absolute Gasteiger partial charge is 0.225 e. The number of primary amides is 1. The summed E-state index contributed by atoms with van der Waals surface area (Å²) in [5.74, 6) is 0.434. The molecule has 0 aliphatic heterocycles. The highest BCUT2D eigenvalue weighted by atomic mass is 16.5. The first-order valence-electron chi connectivity index (χ1n) is 7.12. The third kappa shape index (κ3) is 4.95. The molecular formula is C16H20N2O3. The number of nitrogens with two attached hydrogens (primary N) is 1. The number of hydrogen-bond donors (Lipinski definition) is 2. The number of nitrogens with one attached hydrogen (secondary N) is 1. The van der Waals surface area contributed by atoms with Crippen LogP contribution in [0.4, 0.5) is 5.69 Å². The van der Waals surface area contributed by atoms with Crippen LogP contribution in [0.25, 0.3) is 0 Å². The van der Waals surface area contributed by atoms with Gasteiger partial charge in [0.2, 0.25) is 11.8 Å². The lowest BCUT2D eigenvalue weighted by Crippen LogP contribution is -2.17. The van der Waals surface area contributed by atoms with E-state index in [4.69, 9.17) is 10.5 Å². The monoisotopic (exact) mass is 288 g/mol. The van der Waals surface area contributed by atoms with Gasteiger partial charge in [0.15, 0.2) is 0 Å². The molecule has 1 aliphatic carbocycles. The minimum Gasteiger partial charge on any atom is -0.491 e. The summed E-state index contributed by atoms with van der Waals surface area (Å²) in [5, 5.41) is 2.86. The fourth-order valence-corrected chi connectivity index (χ4v) is 2.26. The Morgan fingerprint density at radius 3 is 2.86 bits per heavy atom. The number of carbonyl (C=O) groups excluding carboxylic acids is 2. The van der Waals surface area contributed by atoms with Gasteiger partial charge in [0, 0.05) is 6.42 Å². The molecule has 0 radical (unpaired) electrons. The number of ether oxygens (including phenoxy) is 1. The third-order valence-corrected chi connectivity index (χ3v) is 3.33. The minimum absolute atomic E-state index is 0.0301. The molecule has 0 aromatic heterocycles. The number of hydrogen-bond acceptors (Lipinski definition) is 3. The molecule has 0 fully saturated rings. The zero-order valence-corrected chi connectivity index (χ0v) is 11.9. The zero-order chi connectivity index (χ0) is 15.1. The second-order valence-corrected chi connectivity index (χ2v) is 5.08. The van der Waals surface area contributed by atoms with Crippen molar-refractivity contribution in [2.45, 2.75) is 25.7 Å². The van der Waals surface area contributed by atoms with Gasteiger partial charge in [0.25, 0.3) is 0 Å². The van der Waals surface area contributed by atoms with E-state index in [1.807, 2.05) is 12.1 Å². The normalized spacial score (nSPS) is 16.7. The maximum atomic E-state index is 12.0. The molecule has 3 N–H and O–H groups in total. The first kappa shape index (κ1) is 15.1. The summed E-state index contributed by atoms with van der Waals surface area (Å²) in [5.41, 5.74) is 5.69. The molecule has 0 spiro atoms. The molecule has 1 atom stereocenters. The van der Waals surface area contributed by atoms with Gasteiger partial charge in [0.1, 0.15) is 5.75 Å². The lowest BCUT2D eigenvalue weighted by Gasteiger charge is -2.13. The zero-order valence-electron chi connectivity index (χ0n) is 11.9. The van der Waals surface area contributed by atoms with E-state index < -0.39 is 5.91 Å². The first-order chi connectivity index (χ1) is 10.1. The SMILES string of the molecule is NC(=O)CCOc1ccccc1NC(=O)C[C@@H]1C=CCC1. The van der Waals surface area contributed by atoms with Gasteiger partial charge in [-0.2, -0.15) is 0 Å². The molecule has 1 aromatic rings. The van der Waals surface area contributed by atoms with Crippen LogP contribution in [0, 0.1) is 5.92 Å². The summed E-state index contributed by atoms with van der Waals surface area (Å²) < 4.78 is 5.49. The Bertz CT molecular complexity index is 540. The van der Waals surface area contributed by atoms with E-state index >= 15 is 0 Å². The Morgan fingerprint density at radius 2 is 2.14 bits per heavy atom. The van der Waals surface area contributed by atoms with E-state index in [0.717, 1.165) is 12.8 Å². The third-order valence-electron chi connectivity index (χ3n) is 3.33. The summed E-state index contributed by atoms with van der Waals surface area (Å²) in [6, 6.07) is 7.18. The van der Waals surface area contributed by atoms with E-state index in [0.29, 0.717) is 23.8 Å². The van der Waals surface area contributed by atoms with Gasteiger partial charge < -0.3 is 15.8 Å². The molecule has 2 amide bonds. The molecule has 0 saturated carbocycles. The summed E-state index contributed by atoms with van der Waals surface area (Å²) in [4.78, 5) is 22.7. The average molecular weight is 288 g/mol. The van der Waals surface area contributed by atoms with Crippen molar-refractivity contribution in [1.29, 1.82) is 0 Å². The topological polar surface area (TPSA) is 81.4 Å². The molecule has 0 unspecified atom stereocenters. The van der Waals surface area contributed by atoms with Gasteiger partial charge in [-0.25, -0.2) is 0 Å². The Hall–Kier alpha value is -2.30. The van der Waals surface area contributed by atoms with Crippen LogP contribution < -0.4 is 15.8 Å². The summed E-state index contributed by atoms with van der Waals surface area (Å²) >= 11 is 0. The van der Waals surface area contributed by atoms with Gasteiger partial charge in [-0.05, 0) is 30.9 Å². The van der Waals surface area contributed by atoms with Crippen molar-refractivity contribution in [2.24, 2.45) is 11.7 Å². The van der Waals surface area contributed by atoms with Gasteiger partial charge in [-0.15, -0.1) is 0 Å². The summed E-state index contributed by atoms with van der Waals surface area (Å²) in [6.45, 7) is 0.202. The fourth-order valence-electron chi connectivity index (χ4n) is 2.26. The minimum atomic E-state index is -0.412. The second kappa shape index (κ2) is 7.47. The first-order valence-corrected chi connectivity index (χ1v) is 7.12. The quantitative estimate of drug-likeness (QED) is 0.755. The van der Waals surface area contributed by atoms with Crippen LogP contribution in [0.1, 0.15) is 25.7 Å². The largest absolute Gasteiger partial charge is 0.491 e. The highest BCUT2D eigenvalue weighted by Crippen LogP contribution is 2.26. The van der Waals surface area contributed by atoms with E-state index in [9.17, 15) is 9.59 Å². The Morgan fingerprint density at radius 1 is 1.33 bits per heavy atom. The molecule has 5 nitrogen and oxygen atoms in total. The molecule has 21 heavy (non-hydrogen) atoms. The molecule has 0 saturated heterocycles. The van der Waals surface area contributed by atoms with Crippen LogP contribution >= 0.6 is 0 Å². The van der Waals surface area contributed by atoms with Gasteiger partial charge >= 0.3 is 0 Å². The standard InChI is InChI=1S/C16H20N2O3/c17-15(19)9-10-21-14-8-4-3-7-13(14)18-16(20)11-12-5-1-2-6-12/h1,3-5,7-8,12H,2,6,9-11H2,(H2,17,19)(H,18,20)/t12-/m1/s1. The molecule has 1 aliphatic rings. The second-order valence-electron chi connectivity index (χ2n) is 5.08. The van der Waals surface area contributed by atoms with E-state index in [1.165, 1.54) is 0 Å². The molecule has 5 heteroatoms. The van der Waals surface area contributed by atoms with Crippen molar-refractivity contribution < 1.29 is 14.3 Å². The number of carbonyl (C=O) groups is 2. The van der Waals surface area contributed by atoms with E-state index in [1.54, 1.807) is 12.1 Å². The number of rotatable bonds is 7. The van der Waals surface area contributed by atoms with Crippen molar-refractivity contribution in [3.8, 4) is 5.75 Å². The van der Waals surface area contributed by atoms with Crippen LogP contribution in [0.5, 0.6) is 5.75 Å². The number of para-hydroxylation sites is 2. The van der Waals surface area contributed by atoms with Gasteiger partial charge in [-0.3, -0.25) is 9.59 Å². The van der Waals surface area contributed by atoms with Gasteiger partial charge in [0.05, 0.1) is 18.7 Å². The van der Waals surface area contributed by atoms with Crippen LogP contribution in [-0.4, -0.2) is 18.4 Å². The van der Waals surface area contributed by atoms with Crippen LogP contribution in [-0.2, 0) is 9.59 Å². The molecule has 0 heterocycles. The van der Waals surface area contributed by atoms with Crippen molar-refractivity contribution in [1.82, 2.24) is 0 Å². The lowest BCUT2D eigenvalue weighted by molar-refractivity contribution is -0.118. The van der Waals surface area contributed by atoms with Crippen molar-refractivity contribution in [3.63, 3.8) is 0 Å². The predicted octanol–water partition coefficient (Wildman–Crippen LogP) is 2.24. The van der Waals surface area contributed by atoms with E-state index in [-0.39, 0.29) is 18.9 Å². The Labute approximate surface area is 124 Å². The number of amides is 2. The number of anilines is 1. The molecule has 2 rings (SSSR count). The Kier molecular flexibility index (Phi) is 5.37. The highest BCUT2D eigenvalue weighted by molar-refractivity contribution is 5.92. The molecular weight excluding hydrogens is 268 g/mol. The molecule has 1 aromatic carbocycles. The highest BCUT2D eigenvalue weighted by Gasteiger charge is 2.15. The summed E-state index contributed by atoms with van der Waals surface area (Å²) in [7, 11) is 0. The van der Waals surface area contributed by atoms with E-state index in [2.05, 4.69) is 17.5 Å². The Balaban J connectivity index is 1.90. The maximum Gasteiger partial charge on any atom is 0.225 e. The van der Waals surface area contributed by atoms with Crippen LogP contribution in [0.2, 0.25) is 0 Å².